The van der Waals surface area contributed by atoms with E-state index in [0.717, 1.165) is 6.42 Å². The maximum atomic E-state index is 10.9. The lowest BCUT2D eigenvalue weighted by molar-refractivity contribution is -0.384. The van der Waals surface area contributed by atoms with Gasteiger partial charge in [0, 0.05) is 17.8 Å². The van der Waals surface area contributed by atoms with Gasteiger partial charge in [0.1, 0.15) is 5.02 Å². The van der Waals surface area contributed by atoms with Crippen molar-refractivity contribution in [2.75, 3.05) is 5.32 Å². The van der Waals surface area contributed by atoms with Crippen LogP contribution in [0.15, 0.2) is 18.2 Å². The maximum absolute atomic E-state index is 10.9. The van der Waals surface area contributed by atoms with Crippen LogP contribution in [0.4, 0.5) is 11.4 Å². The molecule has 21 heavy (non-hydrogen) atoms. The molecule has 2 rings (SSSR count). The second-order valence-corrected chi connectivity index (χ2v) is 6.21. The topological polar surface area (TPSA) is 67.2 Å². The van der Waals surface area contributed by atoms with Crippen LogP contribution in [0, 0.1) is 16.0 Å². The third-order valence-electron chi connectivity index (χ3n) is 3.83. The minimum Gasteiger partial charge on any atom is -0.359 e. The average molecular weight is 328 g/mol. The van der Waals surface area contributed by atoms with Crippen LogP contribution >= 0.6 is 23.8 Å². The van der Waals surface area contributed by atoms with E-state index < -0.39 is 4.92 Å². The van der Waals surface area contributed by atoms with Gasteiger partial charge < -0.3 is 10.6 Å². The predicted molar refractivity (Wildman–Crippen MR) is 88.9 cm³/mol. The lowest BCUT2D eigenvalue weighted by atomic mass is 9.86. The van der Waals surface area contributed by atoms with E-state index in [-0.39, 0.29) is 10.7 Å². The summed E-state index contributed by atoms with van der Waals surface area (Å²) in [5, 5.41) is 17.8. The average Bonchev–Trinajstić information content (AvgIpc) is 2.43. The van der Waals surface area contributed by atoms with E-state index in [1.807, 2.05) is 0 Å². The highest BCUT2D eigenvalue weighted by molar-refractivity contribution is 7.80. The van der Waals surface area contributed by atoms with Crippen molar-refractivity contribution in [3.05, 3.63) is 33.3 Å². The first kappa shape index (κ1) is 16.0. The zero-order valence-electron chi connectivity index (χ0n) is 11.8. The van der Waals surface area contributed by atoms with Crippen LogP contribution < -0.4 is 10.6 Å². The Morgan fingerprint density at radius 3 is 2.81 bits per heavy atom. The molecule has 1 aliphatic carbocycles. The number of hydrogen-bond donors (Lipinski definition) is 2. The number of benzene rings is 1. The van der Waals surface area contributed by atoms with Crippen LogP contribution in [0.3, 0.4) is 0 Å². The summed E-state index contributed by atoms with van der Waals surface area (Å²) in [4.78, 5) is 10.4. The molecule has 0 radical (unpaired) electrons. The summed E-state index contributed by atoms with van der Waals surface area (Å²) in [5.41, 5.74) is 0.433. The van der Waals surface area contributed by atoms with E-state index in [2.05, 4.69) is 17.6 Å². The molecule has 0 aromatic heterocycles. The third-order valence-corrected chi connectivity index (χ3v) is 4.37. The maximum Gasteiger partial charge on any atom is 0.289 e. The Balaban J connectivity index is 1.99. The van der Waals surface area contributed by atoms with Crippen LogP contribution in [-0.4, -0.2) is 16.1 Å². The van der Waals surface area contributed by atoms with E-state index in [1.165, 1.54) is 31.4 Å². The van der Waals surface area contributed by atoms with Gasteiger partial charge in [0.2, 0.25) is 0 Å². The fourth-order valence-electron chi connectivity index (χ4n) is 2.60. The lowest BCUT2D eigenvalue weighted by Gasteiger charge is -2.30. The zero-order valence-corrected chi connectivity index (χ0v) is 13.3. The van der Waals surface area contributed by atoms with Crippen molar-refractivity contribution in [2.45, 2.75) is 38.6 Å². The van der Waals surface area contributed by atoms with Gasteiger partial charge in [-0.25, -0.2) is 0 Å². The normalized spacial score (nSPS) is 21.6. The molecule has 1 aromatic rings. The number of nitrogens with zero attached hydrogens (tertiary/aromatic N) is 1. The molecule has 0 saturated heterocycles. The Morgan fingerprint density at radius 2 is 2.14 bits per heavy atom. The minimum absolute atomic E-state index is 0.116. The summed E-state index contributed by atoms with van der Waals surface area (Å²) in [7, 11) is 0. The molecular formula is C14H18ClN3O2S. The molecule has 0 spiro atoms. The fourth-order valence-corrected chi connectivity index (χ4v) is 3.05. The predicted octanol–water partition coefficient (Wildman–Crippen LogP) is 4.11. The summed E-state index contributed by atoms with van der Waals surface area (Å²) >= 11 is 11.1. The van der Waals surface area contributed by atoms with Crippen molar-refractivity contribution in [1.29, 1.82) is 0 Å². The van der Waals surface area contributed by atoms with Crippen LogP contribution in [0.1, 0.15) is 32.6 Å². The molecule has 5 nitrogen and oxygen atoms in total. The molecular weight excluding hydrogens is 310 g/mol. The summed E-state index contributed by atoms with van der Waals surface area (Å²) < 4.78 is 0. The molecule has 114 valence electrons. The van der Waals surface area contributed by atoms with E-state index in [1.54, 1.807) is 6.07 Å². The Morgan fingerprint density at radius 1 is 1.43 bits per heavy atom. The number of hydrogen-bond acceptors (Lipinski definition) is 3. The van der Waals surface area contributed by atoms with E-state index in [4.69, 9.17) is 23.8 Å². The molecule has 2 atom stereocenters. The highest BCUT2D eigenvalue weighted by atomic mass is 35.5. The van der Waals surface area contributed by atoms with Gasteiger partial charge in [-0.2, -0.15) is 0 Å². The molecule has 2 N–H and O–H groups in total. The van der Waals surface area contributed by atoms with Crippen molar-refractivity contribution in [2.24, 2.45) is 5.92 Å². The molecule has 0 unspecified atom stereocenters. The van der Waals surface area contributed by atoms with Gasteiger partial charge >= 0.3 is 0 Å². The van der Waals surface area contributed by atoms with Crippen molar-refractivity contribution in [1.82, 2.24) is 5.32 Å². The summed E-state index contributed by atoms with van der Waals surface area (Å²) in [6.45, 7) is 2.21. The number of nitro groups is 1. The Bertz CT molecular complexity index is 553. The van der Waals surface area contributed by atoms with Gasteiger partial charge in [0.25, 0.3) is 5.69 Å². The van der Waals surface area contributed by atoms with E-state index in [0.29, 0.717) is 22.8 Å². The Labute approximate surface area is 134 Å². The standard InChI is InChI=1S/C14H18ClN3O2S/c1-9-4-2-3-5-12(9)17-14(21)16-10-6-7-11(15)13(8-10)18(19)20/h6-9,12H,2-5H2,1H3,(H2,16,17,21)/t9-,12-/m1/s1. The first-order chi connectivity index (χ1) is 9.97. The summed E-state index contributed by atoms with van der Waals surface area (Å²) in [5.74, 6) is 0.582. The molecule has 1 aromatic carbocycles. The first-order valence-corrected chi connectivity index (χ1v) is 7.77. The molecule has 1 saturated carbocycles. The van der Waals surface area contributed by atoms with E-state index in [9.17, 15) is 10.1 Å². The van der Waals surface area contributed by atoms with Gasteiger partial charge in [0.05, 0.1) is 4.92 Å². The molecule has 0 heterocycles. The van der Waals surface area contributed by atoms with Crippen LogP contribution in [0.5, 0.6) is 0 Å². The third kappa shape index (κ3) is 4.28. The van der Waals surface area contributed by atoms with Gasteiger partial charge in [0.15, 0.2) is 5.11 Å². The number of anilines is 1. The molecule has 1 aliphatic rings. The van der Waals surface area contributed by atoms with Crippen molar-refractivity contribution in [3.8, 4) is 0 Å². The van der Waals surface area contributed by atoms with Crippen molar-refractivity contribution < 1.29 is 4.92 Å². The summed E-state index contributed by atoms with van der Waals surface area (Å²) in [6.07, 6.45) is 4.77. The monoisotopic (exact) mass is 327 g/mol. The van der Waals surface area contributed by atoms with Crippen LogP contribution in [0.2, 0.25) is 5.02 Å². The number of nitro benzene ring substituents is 1. The largest absolute Gasteiger partial charge is 0.359 e. The second kappa shape index (κ2) is 7.04. The minimum atomic E-state index is -0.507. The fraction of sp³-hybridized carbons (Fsp3) is 0.500. The summed E-state index contributed by atoms with van der Waals surface area (Å²) in [6, 6.07) is 4.92. The number of thiocarbonyl (C=S) groups is 1. The zero-order chi connectivity index (χ0) is 15.4. The lowest BCUT2D eigenvalue weighted by Crippen LogP contribution is -2.43. The quantitative estimate of drug-likeness (QED) is 0.496. The number of rotatable bonds is 3. The molecule has 0 bridgehead atoms. The molecule has 0 amide bonds. The molecule has 0 aliphatic heterocycles. The van der Waals surface area contributed by atoms with Gasteiger partial charge in [-0.1, -0.05) is 31.4 Å². The second-order valence-electron chi connectivity index (χ2n) is 5.39. The Hall–Kier alpha value is -1.40. The smallest absolute Gasteiger partial charge is 0.289 e. The van der Waals surface area contributed by atoms with Crippen molar-refractivity contribution >= 4 is 40.3 Å². The van der Waals surface area contributed by atoms with Gasteiger partial charge in [-0.15, -0.1) is 0 Å². The van der Waals surface area contributed by atoms with Crippen molar-refractivity contribution in [3.63, 3.8) is 0 Å². The number of halogens is 1. The van der Waals surface area contributed by atoms with Crippen LogP contribution in [0.25, 0.3) is 0 Å². The Kier molecular flexibility index (Phi) is 5.36. The van der Waals surface area contributed by atoms with Crippen LogP contribution in [-0.2, 0) is 0 Å². The number of nitrogens with one attached hydrogen (secondary N) is 2. The molecule has 7 heteroatoms. The van der Waals surface area contributed by atoms with Gasteiger partial charge in [-0.3, -0.25) is 10.1 Å². The SMILES string of the molecule is C[C@@H]1CCCC[C@H]1NC(=S)Nc1ccc(Cl)c([N+](=O)[O-])c1. The highest BCUT2D eigenvalue weighted by Gasteiger charge is 2.22. The highest BCUT2D eigenvalue weighted by Crippen LogP contribution is 2.27. The van der Waals surface area contributed by atoms with Gasteiger partial charge in [-0.05, 0) is 43.1 Å². The first-order valence-electron chi connectivity index (χ1n) is 6.99. The van der Waals surface area contributed by atoms with E-state index >= 15 is 0 Å². The molecule has 1 fully saturated rings.